The third-order valence-corrected chi connectivity index (χ3v) is 3.72. The SMILES string of the molecule is COc1ccc(Cl)cc1CC(=O)NC(CCSC)C(=O)O. The second-order valence-corrected chi connectivity index (χ2v) is 5.79. The number of ether oxygens (including phenoxy) is 1. The van der Waals surface area contributed by atoms with Gasteiger partial charge < -0.3 is 15.2 Å². The summed E-state index contributed by atoms with van der Waals surface area (Å²) in [5, 5.41) is 12.1. The molecule has 1 rings (SSSR count). The van der Waals surface area contributed by atoms with Crippen LogP contribution in [-0.4, -0.2) is 42.1 Å². The average Bonchev–Trinajstić information content (AvgIpc) is 2.43. The number of carboxylic acids is 1. The van der Waals surface area contributed by atoms with Gasteiger partial charge in [0.2, 0.25) is 5.91 Å². The van der Waals surface area contributed by atoms with Crippen LogP contribution in [0.25, 0.3) is 0 Å². The molecule has 0 radical (unpaired) electrons. The number of benzene rings is 1. The van der Waals surface area contributed by atoms with E-state index in [2.05, 4.69) is 5.32 Å². The molecular weight excluding hydrogens is 314 g/mol. The smallest absolute Gasteiger partial charge is 0.326 e. The molecule has 1 aromatic rings. The van der Waals surface area contributed by atoms with Crippen LogP contribution in [0.3, 0.4) is 0 Å². The highest BCUT2D eigenvalue weighted by Crippen LogP contribution is 2.23. The maximum atomic E-state index is 12.0. The number of carbonyl (C=O) groups is 2. The maximum Gasteiger partial charge on any atom is 0.326 e. The number of aliphatic carboxylic acids is 1. The highest BCUT2D eigenvalue weighted by atomic mass is 35.5. The van der Waals surface area contributed by atoms with Crippen LogP contribution in [0, 0.1) is 0 Å². The minimum Gasteiger partial charge on any atom is -0.496 e. The van der Waals surface area contributed by atoms with E-state index in [0.29, 0.717) is 28.5 Å². The number of hydrogen-bond acceptors (Lipinski definition) is 4. The minimum absolute atomic E-state index is 0.0206. The van der Waals surface area contributed by atoms with Gasteiger partial charge >= 0.3 is 5.97 Å². The van der Waals surface area contributed by atoms with Crippen LogP contribution in [0.4, 0.5) is 0 Å². The zero-order valence-electron chi connectivity index (χ0n) is 11.9. The molecule has 21 heavy (non-hydrogen) atoms. The van der Waals surface area contributed by atoms with E-state index in [-0.39, 0.29) is 12.3 Å². The third-order valence-electron chi connectivity index (χ3n) is 2.84. The second kappa shape index (κ2) is 8.79. The average molecular weight is 332 g/mol. The summed E-state index contributed by atoms with van der Waals surface area (Å²) in [6.07, 6.45) is 2.29. The van der Waals surface area contributed by atoms with Gasteiger partial charge in [0.05, 0.1) is 13.5 Å². The van der Waals surface area contributed by atoms with Crippen LogP contribution in [-0.2, 0) is 16.0 Å². The van der Waals surface area contributed by atoms with Crippen molar-refractivity contribution in [3.8, 4) is 5.75 Å². The lowest BCUT2D eigenvalue weighted by Crippen LogP contribution is -2.41. The van der Waals surface area contributed by atoms with Crippen molar-refractivity contribution in [2.75, 3.05) is 19.1 Å². The lowest BCUT2D eigenvalue weighted by atomic mass is 10.1. The molecular formula is C14H18ClNO4S. The number of hydrogen-bond donors (Lipinski definition) is 2. The fourth-order valence-corrected chi connectivity index (χ4v) is 2.46. The number of carboxylic acid groups (broad SMARTS) is 1. The van der Waals surface area contributed by atoms with Crippen molar-refractivity contribution in [2.45, 2.75) is 18.9 Å². The van der Waals surface area contributed by atoms with Gasteiger partial charge in [-0.1, -0.05) is 11.6 Å². The fourth-order valence-electron chi connectivity index (χ4n) is 1.80. The van der Waals surface area contributed by atoms with Gasteiger partial charge in [-0.05, 0) is 36.6 Å². The predicted molar refractivity (Wildman–Crippen MR) is 84.3 cm³/mol. The van der Waals surface area contributed by atoms with E-state index < -0.39 is 12.0 Å². The molecule has 0 bridgehead atoms. The molecule has 7 heteroatoms. The first-order valence-corrected chi connectivity index (χ1v) is 8.08. The molecule has 1 atom stereocenters. The van der Waals surface area contributed by atoms with Crippen molar-refractivity contribution in [1.82, 2.24) is 5.32 Å². The van der Waals surface area contributed by atoms with Crippen LogP contribution in [0.5, 0.6) is 5.75 Å². The lowest BCUT2D eigenvalue weighted by molar-refractivity contribution is -0.141. The Labute approximate surface area is 133 Å². The molecule has 1 amide bonds. The number of rotatable bonds is 8. The van der Waals surface area contributed by atoms with Gasteiger partial charge in [-0.2, -0.15) is 11.8 Å². The molecule has 5 nitrogen and oxygen atoms in total. The predicted octanol–water partition coefficient (Wildman–Crippen LogP) is 2.21. The summed E-state index contributed by atoms with van der Waals surface area (Å²) < 4.78 is 5.16. The normalized spacial score (nSPS) is 11.8. The van der Waals surface area contributed by atoms with E-state index in [1.165, 1.54) is 18.9 Å². The number of thioether (sulfide) groups is 1. The second-order valence-electron chi connectivity index (χ2n) is 4.37. The van der Waals surface area contributed by atoms with Gasteiger partial charge in [0.25, 0.3) is 0 Å². The molecule has 1 unspecified atom stereocenters. The molecule has 0 saturated carbocycles. The van der Waals surface area contributed by atoms with E-state index in [4.69, 9.17) is 21.4 Å². The van der Waals surface area contributed by atoms with Crippen molar-refractivity contribution in [3.63, 3.8) is 0 Å². The Morgan fingerprint density at radius 1 is 1.48 bits per heavy atom. The Hall–Kier alpha value is -1.40. The molecule has 116 valence electrons. The first-order chi connectivity index (χ1) is 9.97. The Bertz CT molecular complexity index is 510. The summed E-state index contributed by atoms with van der Waals surface area (Å²) in [6.45, 7) is 0. The van der Waals surface area contributed by atoms with E-state index in [1.807, 2.05) is 6.26 Å². The molecule has 0 aromatic heterocycles. The van der Waals surface area contributed by atoms with E-state index in [9.17, 15) is 9.59 Å². The van der Waals surface area contributed by atoms with Crippen LogP contribution in [0.15, 0.2) is 18.2 Å². The lowest BCUT2D eigenvalue weighted by Gasteiger charge is -2.15. The van der Waals surface area contributed by atoms with Crippen molar-refractivity contribution < 1.29 is 19.4 Å². The quantitative estimate of drug-likeness (QED) is 0.764. The molecule has 0 aliphatic rings. The zero-order valence-corrected chi connectivity index (χ0v) is 13.5. The first kappa shape index (κ1) is 17.7. The van der Waals surface area contributed by atoms with Crippen LogP contribution in [0.2, 0.25) is 5.02 Å². The van der Waals surface area contributed by atoms with E-state index >= 15 is 0 Å². The van der Waals surface area contributed by atoms with Gasteiger partial charge in [-0.25, -0.2) is 4.79 Å². The highest BCUT2D eigenvalue weighted by Gasteiger charge is 2.20. The number of methoxy groups -OCH3 is 1. The zero-order chi connectivity index (χ0) is 15.8. The van der Waals surface area contributed by atoms with Crippen molar-refractivity contribution in [1.29, 1.82) is 0 Å². The minimum atomic E-state index is -1.03. The Morgan fingerprint density at radius 3 is 2.76 bits per heavy atom. The van der Waals surface area contributed by atoms with Gasteiger partial charge in [0, 0.05) is 10.6 Å². The number of nitrogens with one attached hydrogen (secondary N) is 1. The van der Waals surface area contributed by atoms with E-state index in [0.717, 1.165) is 0 Å². The van der Waals surface area contributed by atoms with Crippen molar-refractivity contribution in [2.24, 2.45) is 0 Å². The summed E-state index contributed by atoms with van der Waals surface area (Å²) in [5.41, 5.74) is 0.622. The maximum absolute atomic E-state index is 12.0. The molecule has 0 spiro atoms. The number of carbonyl (C=O) groups excluding carboxylic acids is 1. The van der Waals surface area contributed by atoms with E-state index in [1.54, 1.807) is 18.2 Å². The summed E-state index contributed by atoms with van der Waals surface area (Å²) in [7, 11) is 1.50. The Morgan fingerprint density at radius 2 is 2.19 bits per heavy atom. The Balaban J connectivity index is 2.71. The fraction of sp³-hybridized carbons (Fsp3) is 0.429. The Kier molecular flexibility index (Phi) is 7.39. The monoisotopic (exact) mass is 331 g/mol. The molecule has 0 fully saturated rings. The molecule has 0 saturated heterocycles. The summed E-state index contributed by atoms with van der Waals surface area (Å²) >= 11 is 7.43. The summed E-state index contributed by atoms with van der Waals surface area (Å²) in [5.74, 6) is -0.192. The van der Waals surface area contributed by atoms with Crippen LogP contribution in [0.1, 0.15) is 12.0 Å². The van der Waals surface area contributed by atoms with Gasteiger partial charge in [-0.3, -0.25) is 4.79 Å². The molecule has 0 aliphatic heterocycles. The molecule has 0 aliphatic carbocycles. The van der Waals surface area contributed by atoms with Gasteiger partial charge in [0.15, 0.2) is 0 Å². The molecule has 1 aromatic carbocycles. The summed E-state index contributed by atoms with van der Waals surface area (Å²) in [6, 6.07) is 4.10. The largest absolute Gasteiger partial charge is 0.496 e. The van der Waals surface area contributed by atoms with Crippen molar-refractivity contribution in [3.05, 3.63) is 28.8 Å². The topological polar surface area (TPSA) is 75.6 Å². The number of amides is 1. The first-order valence-electron chi connectivity index (χ1n) is 6.31. The van der Waals surface area contributed by atoms with Crippen molar-refractivity contribution >= 4 is 35.2 Å². The van der Waals surface area contributed by atoms with Crippen LogP contribution < -0.4 is 10.1 Å². The number of halogens is 1. The molecule has 2 N–H and O–H groups in total. The molecule has 0 heterocycles. The van der Waals surface area contributed by atoms with Crippen LogP contribution >= 0.6 is 23.4 Å². The standard InChI is InChI=1S/C14H18ClNO4S/c1-20-12-4-3-10(15)7-9(12)8-13(17)16-11(14(18)19)5-6-21-2/h3-4,7,11H,5-6,8H2,1-2H3,(H,16,17)(H,18,19). The summed E-state index contributed by atoms with van der Waals surface area (Å²) in [4.78, 5) is 23.1. The highest BCUT2D eigenvalue weighted by molar-refractivity contribution is 7.98. The third kappa shape index (κ3) is 5.85. The van der Waals surface area contributed by atoms with Gasteiger partial charge in [0.1, 0.15) is 11.8 Å². The van der Waals surface area contributed by atoms with Gasteiger partial charge in [-0.15, -0.1) is 0 Å².